The fourth-order valence-electron chi connectivity index (χ4n) is 4.60. The minimum Gasteiger partial charge on any atom is -0.446 e. The highest BCUT2D eigenvalue weighted by Gasteiger charge is 2.45. The van der Waals surface area contributed by atoms with Gasteiger partial charge in [0.15, 0.2) is 0 Å². The molecule has 7 amide bonds. The van der Waals surface area contributed by atoms with Gasteiger partial charge in [0.05, 0.1) is 16.8 Å². The summed E-state index contributed by atoms with van der Waals surface area (Å²) in [6, 6.07) is 3.26. The third kappa shape index (κ3) is 5.04. The number of anilines is 1. The van der Waals surface area contributed by atoms with Gasteiger partial charge in [-0.3, -0.25) is 39.0 Å². The Morgan fingerprint density at radius 1 is 1.03 bits per heavy atom. The van der Waals surface area contributed by atoms with Crippen molar-refractivity contribution >= 4 is 47.2 Å². The van der Waals surface area contributed by atoms with Gasteiger partial charge in [-0.15, -0.1) is 0 Å². The lowest BCUT2D eigenvalue weighted by Gasteiger charge is -2.31. The van der Waals surface area contributed by atoms with Crippen LogP contribution in [0.4, 0.5) is 10.5 Å². The van der Waals surface area contributed by atoms with E-state index in [0.717, 1.165) is 4.90 Å². The third-order valence-electron chi connectivity index (χ3n) is 6.39. The third-order valence-corrected chi connectivity index (χ3v) is 6.39. The normalized spacial score (nSPS) is 20.2. The minimum absolute atomic E-state index is 0.00270. The zero-order valence-corrected chi connectivity index (χ0v) is 19.3. The van der Waals surface area contributed by atoms with Crippen LogP contribution in [-0.2, 0) is 23.9 Å². The number of carbonyl (C=O) groups excluding carboxylic acids is 7. The number of nitrogens with zero attached hydrogens (tertiary/aromatic N) is 2. The molecule has 4 N–H and O–H groups in total. The van der Waals surface area contributed by atoms with E-state index in [1.807, 2.05) is 0 Å². The molecule has 1 aromatic rings. The van der Waals surface area contributed by atoms with E-state index in [-0.39, 0.29) is 54.5 Å². The first-order valence-corrected chi connectivity index (χ1v) is 11.5. The Bertz CT molecular complexity index is 1160. The Kier molecular flexibility index (Phi) is 6.99. The first-order valence-electron chi connectivity index (χ1n) is 11.5. The van der Waals surface area contributed by atoms with E-state index in [1.165, 1.54) is 18.2 Å². The molecule has 0 aliphatic carbocycles. The standard InChI is InChI=1S/C23H25N5O8/c24-23(35)36-12-8-10-27(11-9-12)18(31)7-6-16(29)25-14-3-1-2-13-19(14)22(34)28(21(13)33)15-4-5-17(30)26-20(15)32/h1-3,12,15H,4-11H2,(H2,24,35)(H,25,29)(H,26,30,32). The summed E-state index contributed by atoms with van der Waals surface area (Å²) in [5.41, 5.74) is 5.11. The number of hydrogen-bond donors (Lipinski definition) is 3. The maximum Gasteiger partial charge on any atom is 0.404 e. The molecule has 0 bridgehead atoms. The zero-order chi connectivity index (χ0) is 26.0. The first kappa shape index (κ1) is 24.8. The average molecular weight is 499 g/mol. The molecule has 13 nitrogen and oxygen atoms in total. The van der Waals surface area contributed by atoms with E-state index in [9.17, 15) is 33.6 Å². The van der Waals surface area contributed by atoms with Gasteiger partial charge in [-0.2, -0.15) is 0 Å². The molecule has 1 atom stereocenters. The molecular formula is C23H25N5O8. The molecule has 2 fully saturated rings. The van der Waals surface area contributed by atoms with Crippen molar-refractivity contribution in [2.24, 2.45) is 5.73 Å². The molecule has 13 heteroatoms. The van der Waals surface area contributed by atoms with Crippen LogP contribution in [-0.4, -0.2) is 76.6 Å². The van der Waals surface area contributed by atoms with Crippen LogP contribution in [0.2, 0.25) is 0 Å². The number of primary amides is 1. The van der Waals surface area contributed by atoms with Crippen LogP contribution in [0.15, 0.2) is 18.2 Å². The van der Waals surface area contributed by atoms with Crippen LogP contribution in [0.1, 0.15) is 59.2 Å². The maximum atomic E-state index is 13.1. The summed E-state index contributed by atoms with van der Waals surface area (Å²) in [5.74, 6) is -3.38. The van der Waals surface area contributed by atoms with E-state index < -0.39 is 41.7 Å². The number of fused-ring (bicyclic) bond motifs is 1. The number of nitrogens with two attached hydrogens (primary N) is 1. The number of carbonyl (C=O) groups is 7. The number of imide groups is 2. The molecular weight excluding hydrogens is 474 g/mol. The van der Waals surface area contributed by atoms with Crippen LogP contribution in [0.5, 0.6) is 0 Å². The number of hydrogen-bond acceptors (Lipinski definition) is 8. The number of rotatable bonds is 6. The van der Waals surface area contributed by atoms with Gasteiger partial charge in [0.1, 0.15) is 12.1 Å². The van der Waals surface area contributed by atoms with Crippen molar-refractivity contribution in [2.75, 3.05) is 18.4 Å². The molecule has 0 spiro atoms. The number of amides is 7. The number of nitrogens with one attached hydrogen (secondary N) is 2. The lowest BCUT2D eigenvalue weighted by Crippen LogP contribution is -2.54. The second-order valence-corrected chi connectivity index (χ2v) is 8.74. The van der Waals surface area contributed by atoms with E-state index in [0.29, 0.717) is 25.9 Å². The Balaban J connectivity index is 1.36. The molecule has 2 saturated heterocycles. The molecule has 190 valence electrons. The van der Waals surface area contributed by atoms with Crippen LogP contribution >= 0.6 is 0 Å². The zero-order valence-electron chi connectivity index (χ0n) is 19.3. The summed E-state index contributed by atoms with van der Waals surface area (Å²) >= 11 is 0. The largest absolute Gasteiger partial charge is 0.446 e. The van der Waals surface area contributed by atoms with Gasteiger partial charge >= 0.3 is 6.09 Å². The highest BCUT2D eigenvalue weighted by molar-refractivity contribution is 6.26. The maximum absolute atomic E-state index is 13.1. The number of likely N-dealkylation sites (tertiary alicyclic amines) is 1. The lowest BCUT2D eigenvalue weighted by molar-refractivity contribution is -0.136. The topological polar surface area (TPSA) is 185 Å². The van der Waals surface area contributed by atoms with Crippen molar-refractivity contribution in [3.8, 4) is 0 Å². The fourth-order valence-corrected chi connectivity index (χ4v) is 4.60. The number of piperidine rings is 2. The molecule has 0 radical (unpaired) electrons. The van der Waals surface area contributed by atoms with Crippen LogP contribution < -0.4 is 16.4 Å². The van der Waals surface area contributed by atoms with Crippen molar-refractivity contribution in [3.05, 3.63) is 29.3 Å². The highest BCUT2D eigenvalue weighted by Crippen LogP contribution is 2.32. The average Bonchev–Trinajstić information content (AvgIpc) is 3.08. The molecule has 3 aliphatic heterocycles. The van der Waals surface area contributed by atoms with Gasteiger partial charge < -0.3 is 20.7 Å². The summed E-state index contributed by atoms with van der Waals surface area (Å²) in [5, 5.41) is 4.72. The molecule has 1 unspecified atom stereocenters. The Morgan fingerprint density at radius 3 is 2.42 bits per heavy atom. The second kappa shape index (κ2) is 10.1. The summed E-state index contributed by atoms with van der Waals surface area (Å²) in [4.78, 5) is 87.9. The van der Waals surface area contributed by atoms with E-state index in [1.54, 1.807) is 4.90 Å². The van der Waals surface area contributed by atoms with Crippen LogP contribution in [0.25, 0.3) is 0 Å². The smallest absolute Gasteiger partial charge is 0.404 e. The molecule has 0 saturated carbocycles. The molecule has 0 aromatic heterocycles. The number of ether oxygens (including phenoxy) is 1. The van der Waals surface area contributed by atoms with Gasteiger partial charge in [-0.25, -0.2) is 4.79 Å². The van der Waals surface area contributed by atoms with Crippen molar-refractivity contribution in [1.29, 1.82) is 0 Å². The summed E-state index contributed by atoms with van der Waals surface area (Å²) in [7, 11) is 0. The Morgan fingerprint density at radius 2 is 1.75 bits per heavy atom. The first-order chi connectivity index (χ1) is 17.2. The Labute approximate surface area is 205 Å². The van der Waals surface area contributed by atoms with Crippen LogP contribution in [0.3, 0.4) is 0 Å². The predicted octanol–water partition coefficient (Wildman–Crippen LogP) is -0.107. The molecule has 36 heavy (non-hydrogen) atoms. The monoisotopic (exact) mass is 499 g/mol. The summed E-state index contributed by atoms with van der Waals surface area (Å²) in [6.45, 7) is 0.745. The van der Waals surface area contributed by atoms with Crippen LogP contribution in [0, 0.1) is 0 Å². The summed E-state index contributed by atoms with van der Waals surface area (Å²) < 4.78 is 4.94. The quantitative estimate of drug-likeness (QED) is 0.453. The van der Waals surface area contributed by atoms with Gasteiger partial charge in [0, 0.05) is 45.2 Å². The second-order valence-electron chi connectivity index (χ2n) is 8.74. The predicted molar refractivity (Wildman–Crippen MR) is 121 cm³/mol. The summed E-state index contributed by atoms with van der Waals surface area (Å²) in [6.07, 6.45) is -0.493. The van der Waals surface area contributed by atoms with Crippen molar-refractivity contribution < 1.29 is 38.3 Å². The number of benzene rings is 1. The van der Waals surface area contributed by atoms with Gasteiger partial charge in [-0.1, -0.05) is 6.07 Å². The highest BCUT2D eigenvalue weighted by atomic mass is 16.6. The SMILES string of the molecule is NC(=O)OC1CCN(C(=O)CCC(=O)Nc2cccc3c2C(=O)N(C2CCC(=O)NC2=O)C3=O)CC1. The van der Waals surface area contributed by atoms with E-state index >= 15 is 0 Å². The molecule has 1 aromatic carbocycles. The van der Waals surface area contributed by atoms with Crippen molar-refractivity contribution in [2.45, 2.75) is 50.7 Å². The van der Waals surface area contributed by atoms with E-state index in [4.69, 9.17) is 10.5 Å². The van der Waals surface area contributed by atoms with Gasteiger partial charge in [0.2, 0.25) is 23.6 Å². The van der Waals surface area contributed by atoms with Gasteiger partial charge in [-0.05, 0) is 18.6 Å². The molecule has 3 heterocycles. The Hall–Kier alpha value is -4.29. The van der Waals surface area contributed by atoms with E-state index in [2.05, 4.69) is 10.6 Å². The van der Waals surface area contributed by atoms with Crippen molar-refractivity contribution in [3.63, 3.8) is 0 Å². The van der Waals surface area contributed by atoms with Crippen molar-refractivity contribution in [1.82, 2.24) is 15.1 Å². The minimum atomic E-state index is -1.12. The van der Waals surface area contributed by atoms with Gasteiger partial charge in [0.25, 0.3) is 11.8 Å². The fraction of sp³-hybridized carbons (Fsp3) is 0.435. The molecule has 4 rings (SSSR count). The lowest BCUT2D eigenvalue weighted by atomic mass is 10.0. The molecule has 3 aliphatic rings.